The summed E-state index contributed by atoms with van der Waals surface area (Å²) in [7, 11) is 3.19. The zero-order valence-electron chi connectivity index (χ0n) is 12.9. The normalized spacial score (nSPS) is 11.0. The summed E-state index contributed by atoms with van der Waals surface area (Å²) < 4.78 is 10.5. The van der Waals surface area contributed by atoms with Crippen LogP contribution in [-0.4, -0.2) is 31.5 Å². The highest BCUT2D eigenvalue weighted by Gasteiger charge is 2.02. The number of hydrogen-bond donors (Lipinski definition) is 1. The number of aliphatic imine (C=N–C) groups is 1. The molecule has 0 aliphatic carbocycles. The fraction of sp³-hybridized carbons (Fsp3) is 0.111. The highest BCUT2D eigenvalue weighted by Crippen LogP contribution is 2.24. The zero-order valence-corrected chi connectivity index (χ0v) is 12.9. The van der Waals surface area contributed by atoms with E-state index in [2.05, 4.69) is 4.99 Å². The number of methoxy groups -OCH3 is 2. The first-order valence-corrected chi connectivity index (χ1v) is 6.89. The molecule has 23 heavy (non-hydrogen) atoms. The number of nitrogens with zero attached hydrogens (tertiary/aromatic N) is 1. The quantitative estimate of drug-likeness (QED) is 0.654. The molecule has 0 unspecified atom stereocenters. The Kier molecular flexibility index (Phi) is 5.52. The summed E-state index contributed by atoms with van der Waals surface area (Å²) in [6.45, 7) is 0. The second-order valence-corrected chi connectivity index (χ2v) is 4.63. The van der Waals surface area contributed by atoms with E-state index in [4.69, 9.17) is 14.6 Å². The molecule has 0 atom stereocenters. The summed E-state index contributed by atoms with van der Waals surface area (Å²) in [5, 5.41) is 8.60. The molecule has 0 saturated heterocycles. The summed E-state index contributed by atoms with van der Waals surface area (Å²) in [5.74, 6) is 0.418. The average Bonchev–Trinajstić information content (AvgIpc) is 2.58. The molecule has 0 amide bonds. The van der Waals surface area contributed by atoms with Gasteiger partial charge in [0.25, 0.3) is 0 Å². The standard InChI is InChI=1S/C18H17NO4/c1-22-16-9-6-14(17(11-16)23-2)12-19-15-7-3-13(4-8-15)5-10-18(20)21/h3-12H,1-2H3,(H,20,21)/b10-5+,19-12?. The largest absolute Gasteiger partial charge is 0.497 e. The third kappa shape index (κ3) is 4.71. The third-order valence-electron chi connectivity index (χ3n) is 3.10. The van der Waals surface area contributed by atoms with Crippen LogP contribution in [0.1, 0.15) is 11.1 Å². The number of carbonyl (C=O) groups is 1. The van der Waals surface area contributed by atoms with Crippen LogP contribution in [0.15, 0.2) is 53.5 Å². The van der Waals surface area contributed by atoms with Crippen LogP contribution < -0.4 is 9.47 Å². The second kappa shape index (κ2) is 7.79. The molecule has 0 aliphatic heterocycles. The molecule has 0 aliphatic rings. The van der Waals surface area contributed by atoms with Gasteiger partial charge in [-0.3, -0.25) is 4.99 Å². The fourth-order valence-electron chi connectivity index (χ4n) is 1.91. The van der Waals surface area contributed by atoms with Gasteiger partial charge in [0, 0.05) is 23.9 Å². The van der Waals surface area contributed by atoms with Crippen molar-refractivity contribution in [2.24, 2.45) is 4.99 Å². The van der Waals surface area contributed by atoms with Crippen molar-refractivity contribution in [2.45, 2.75) is 0 Å². The van der Waals surface area contributed by atoms with E-state index in [0.29, 0.717) is 11.5 Å². The van der Waals surface area contributed by atoms with Gasteiger partial charge in [0.15, 0.2) is 0 Å². The molecule has 0 aromatic heterocycles. The van der Waals surface area contributed by atoms with Crippen LogP contribution in [0.2, 0.25) is 0 Å². The number of aliphatic carboxylic acids is 1. The Morgan fingerprint density at radius 2 is 1.83 bits per heavy atom. The van der Waals surface area contributed by atoms with Gasteiger partial charge in [0.1, 0.15) is 11.5 Å². The maximum Gasteiger partial charge on any atom is 0.328 e. The SMILES string of the molecule is COc1ccc(C=Nc2ccc(/C=C/C(=O)O)cc2)c(OC)c1. The molecule has 5 nitrogen and oxygen atoms in total. The number of benzene rings is 2. The summed E-state index contributed by atoms with van der Waals surface area (Å²) >= 11 is 0. The number of hydrogen-bond acceptors (Lipinski definition) is 4. The Hall–Kier alpha value is -3.08. The molecule has 5 heteroatoms. The predicted octanol–water partition coefficient (Wildman–Crippen LogP) is 3.55. The van der Waals surface area contributed by atoms with Crippen molar-refractivity contribution in [3.8, 4) is 11.5 Å². The van der Waals surface area contributed by atoms with Crippen molar-refractivity contribution < 1.29 is 19.4 Å². The van der Waals surface area contributed by atoms with E-state index < -0.39 is 5.97 Å². The summed E-state index contributed by atoms with van der Waals surface area (Å²) in [5.41, 5.74) is 2.40. The maximum absolute atomic E-state index is 10.5. The first-order chi connectivity index (χ1) is 11.1. The van der Waals surface area contributed by atoms with Gasteiger partial charge >= 0.3 is 5.97 Å². The number of carboxylic acids is 1. The monoisotopic (exact) mass is 311 g/mol. The van der Waals surface area contributed by atoms with Gasteiger partial charge in [0.05, 0.1) is 19.9 Å². The Labute approximate surface area is 134 Å². The lowest BCUT2D eigenvalue weighted by molar-refractivity contribution is -0.131. The maximum atomic E-state index is 10.5. The lowest BCUT2D eigenvalue weighted by Gasteiger charge is -2.06. The Balaban J connectivity index is 2.15. The minimum atomic E-state index is -0.973. The van der Waals surface area contributed by atoms with Crippen molar-refractivity contribution in [3.05, 3.63) is 59.7 Å². The van der Waals surface area contributed by atoms with Gasteiger partial charge in [-0.2, -0.15) is 0 Å². The van der Waals surface area contributed by atoms with Crippen molar-refractivity contribution in [3.63, 3.8) is 0 Å². The minimum Gasteiger partial charge on any atom is -0.497 e. The second-order valence-electron chi connectivity index (χ2n) is 4.63. The molecule has 118 valence electrons. The van der Waals surface area contributed by atoms with Gasteiger partial charge in [0.2, 0.25) is 0 Å². The highest BCUT2D eigenvalue weighted by atomic mass is 16.5. The van der Waals surface area contributed by atoms with Crippen LogP contribution >= 0.6 is 0 Å². The summed E-state index contributed by atoms with van der Waals surface area (Å²) in [6.07, 6.45) is 4.34. The third-order valence-corrected chi connectivity index (χ3v) is 3.10. The number of ether oxygens (including phenoxy) is 2. The molecule has 0 radical (unpaired) electrons. The first-order valence-electron chi connectivity index (χ1n) is 6.89. The predicted molar refractivity (Wildman–Crippen MR) is 89.9 cm³/mol. The molecule has 0 fully saturated rings. The lowest BCUT2D eigenvalue weighted by Crippen LogP contribution is -1.92. The van der Waals surface area contributed by atoms with Crippen molar-refractivity contribution in [1.82, 2.24) is 0 Å². The smallest absolute Gasteiger partial charge is 0.328 e. The molecule has 2 aromatic carbocycles. The van der Waals surface area contributed by atoms with Crippen molar-refractivity contribution >= 4 is 23.9 Å². The zero-order chi connectivity index (χ0) is 16.7. The molecule has 2 aromatic rings. The molecule has 0 heterocycles. The van der Waals surface area contributed by atoms with E-state index in [9.17, 15) is 4.79 Å². The van der Waals surface area contributed by atoms with Gasteiger partial charge in [-0.25, -0.2) is 4.79 Å². The van der Waals surface area contributed by atoms with Crippen LogP contribution in [0.3, 0.4) is 0 Å². The Bertz CT molecular complexity index is 733. The summed E-state index contributed by atoms with van der Waals surface area (Å²) in [6, 6.07) is 12.7. The Morgan fingerprint density at radius 3 is 2.43 bits per heavy atom. The highest BCUT2D eigenvalue weighted by molar-refractivity contribution is 5.86. The van der Waals surface area contributed by atoms with E-state index in [1.54, 1.807) is 38.6 Å². The van der Waals surface area contributed by atoms with E-state index in [0.717, 1.165) is 22.9 Å². The first kappa shape index (κ1) is 16.3. The number of rotatable bonds is 6. The van der Waals surface area contributed by atoms with Crippen LogP contribution in [0.4, 0.5) is 5.69 Å². The molecule has 1 N–H and O–H groups in total. The van der Waals surface area contributed by atoms with Crippen LogP contribution in [0, 0.1) is 0 Å². The molecule has 0 bridgehead atoms. The van der Waals surface area contributed by atoms with E-state index in [1.807, 2.05) is 24.3 Å². The topological polar surface area (TPSA) is 68.1 Å². The molecule has 2 rings (SSSR count). The Morgan fingerprint density at radius 1 is 1.09 bits per heavy atom. The molecule has 0 saturated carbocycles. The van der Waals surface area contributed by atoms with Gasteiger partial charge < -0.3 is 14.6 Å². The van der Waals surface area contributed by atoms with E-state index >= 15 is 0 Å². The molecule has 0 spiro atoms. The minimum absolute atomic E-state index is 0.675. The number of carboxylic acid groups (broad SMARTS) is 1. The molecular formula is C18H17NO4. The lowest BCUT2D eigenvalue weighted by atomic mass is 10.2. The van der Waals surface area contributed by atoms with Gasteiger partial charge in [-0.15, -0.1) is 0 Å². The molecular weight excluding hydrogens is 294 g/mol. The van der Waals surface area contributed by atoms with Crippen molar-refractivity contribution in [1.29, 1.82) is 0 Å². The average molecular weight is 311 g/mol. The van der Waals surface area contributed by atoms with E-state index in [1.165, 1.54) is 6.08 Å². The van der Waals surface area contributed by atoms with Gasteiger partial charge in [-0.1, -0.05) is 12.1 Å². The fourth-order valence-corrected chi connectivity index (χ4v) is 1.91. The van der Waals surface area contributed by atoms with Crippen molar-refractivity contribution in [2.75, 3.05) is 14.2 Å². The van der Waals surface area contributed by atoms with Crippen LogP contribution in [0.5, 0.6) is 11.5 Å². The van der Waals surface area contributed by atoms with Gasteiger partial charge in [-0.05, 0) is 35.9 Å². The van der Waals surface area contributed by atoms with E-state index in [-0.39, 0.29) is 0 Å². The summed E-state index contributed by atoms with van der Waals surface area (Å²) in [4.78, 5) is 14.9. The van der Waals surface area contributed by atoms with Crippen LogP contribution in [-0.2, 0) is 4.79 Å². The van der Waals surface area contributed by atoms with Crippen LogP contribution in [0.25, 0.3) is 6.08 Å².